The molecule has 21 heavy (non-hydrogen) atoms. The molecule has 1 aromatic carbocycles. The smallest absolute Gasteiger partial charge is 0.193 e. The molecule has 0 fully saturated rings. The Morgan fingerprint density at radius 2 is 2.00 bits per heavy atom. The molecule has 0 aliphatic rings. The van der Waals surface area contributed by atoms with Crippen molar-refractivity contribution in [2.45, 2.75) is 26.3 Å². The first-order chi connectivity index (χ1) is 10.2. The molecule has 118 valence electrons. The maximum Gasteiger partial charge on any atom is 0.193 e. The van der Waals surface area contributed by atoms with E-state index in [-0.39, 0.29) is 5.82 Å². The average molecular weight is 295 g/mol. The minimum Gasteiger partial charge on any atom is -0.380 e. The van der Waals surface area contributed by atoms with Gasteiger partial charge in [0.25, 0.3) is 0 Å². The summed E-state index contributed by atoms with van der Waals surface area (Å²) >= 11 is 0. The van der Waals surface area contributed by atoms with Crippen LogP contribution in [0, 0.1) is 5.82 Å². The third kappa shape index (κ3) is 7.09. The standard InChI is InChI=1S/C16H26FN3O/c1-4-5-11-21-12-10-19-16(18-2)20(3)13-14-6-8-15(17)9-7-14/h6-9H,4-5,10-13H2,1-3H3,(H,18,19). The van der Waals surface area contributed by atoms with Gasteiger partial charge in [-0.15, -0.1) is 0 Å². The fraction of sp³-hybridized carbons (Fsp3) is 0.562. The molecule has 1 N–H and O–H groups in total. The number of nitrogens with zero attached hydrogens (tertiary/aromatic N) is 2. The molecule has 0 bridgehead atoms. The second-order valence-electron chi connectivity index (χ2n) is 4.92. The van der Waals surface area contributed by atoms with Crippen molar-refractivity contribution in [3.63, 3.8) is 0 Å². The lowest BCUT2D eigenvalue weighted by Crippen LogP contribution is -2.40. The molecule has 0 unspecified atom stereocenters. The number of unbranched alkanes of at least 4 members (excludes halogenated alkanes) is 1. The van der Waals surface area contributed by atoms with Gasteiger partial charge in [-0.3, -0.25) is 4.99 Å². The third-order valence-electron chi connectivity index (χ3n) is 3.08. The molecule has 0 radical (unpaired) electrons. The van der Waals surface area contributed by atoms with Gasteiger partial charge < -0.3 is 15.0 Å². The Morgan fingerprint density at radius 1 is 1.29 bits per heavy atom. The summed E-state index contributed by atoms with van der Waals surface area (Å²) in [7, 11) is 3.71. The second kappa shape index (κ2) is 10.2. The Kier molecular flexibility index (Phi) is 8.43. The predicted molar refractivity (Wildman–Crippen MR) is 85.0 cm³/mol. The molecule has 0 aliphatic heterocycles. The van der Waals surface area contributed by atoms with Crippen LogP contribution in [0.3, 0.4) is 0 Å². The predicted octanol–water partition coefficient (Wildman–Crippen LogP) is 2.65. The monoisotopic (exact) mass is 295 g/mol. The summed E-state index contributed by atoms with van der Waals surface area (Å²) < 4.78 is 18.4. The summed E-state index contributed by atoms with van der Waals surface area (Å²) in [5, 5.41) is 3.25. The van der Waals surface area contributed by atoms with Gasteiger partial charge in [-0.2, -0.15) is 0 Å². The van der Waals surface area contributed by atoms with Crippen LogP contribution in [-0.4, -0.2) is 44.7 Å². The van der Waals surface area contributed by atoms with Crippen molar-refractivity contribution in [3.8, 4) is 0 Å². The molecule has 0 amide bonds. The molecule has 0 aliphatic carbocycles. The lowest BCUT2D eigenvalue weighted by atomic mass is 10.2. The number of hydrogen-bond donors (Lipinski definition) is 1. The highest BCUT2D eigenvalue weighted by molar-refractivity contribution is 5.79. The Bertz CT molecular complexity index is 420. The van der Waals surface area contributed by atoms with Crippen LogP contribution in [0.15, 0.2) is 29.3 Å². The van der Waals surface area contributed by atoms with E-state index in [1.54, 1.807) is 19.2 Å². The number of nitrogens with one attached hydrogen (secondary N) is 1. The van der Waals surface area contributed by atoms with E-state index in [0.717, 1.165) is 37.5 Å². The topological polar surface area (TPSA) is 36.9 Å². The van der Waals surface area contributed by atoms with E-state index in [4.69, 9.17) is 4.74 Å². The molecule has 0 atom stereocenters. The van der Waals surface area contributed by atoms with Gasteiger partial charge in [0.2, 0.25) is 0 Å². The summed E-state index contributed by atoms with van der Waals surface area (Å²) in [6.07, 6.45) is 2.24. The van der Waals surface area contributed by atoms with Crippen LogP contribution in [0.5, 0.6) is 0 Å². The molecule has 0 saturated carbocycles. The molecule has 1 aromatic rings. The third-order valence-corrected chi connectivity index (χ3v) is 3.08. The Labute approximate surface area is 127 Å². The van der Waals surface area contributed by atoms with Gasteiger partial charge in [0.05, 0.1) is 6.61 Å². The van der Waals surface area contributed by atoms with E-state index in [1.165, 1.54) is 12.1 Å². The van der Waals surface area contributed by atoms with Crippen LogP contribution in [-0.2, 0) is 11.3 Å². The quantitative estimate of drug-likeness (QED) is 0.455. The van der Waals surface area contributed by atoms with Crippen LogP contribution in [0.4, 0.5) is 4.39 Å². The molecule has 0 aromatic heterocycles. The van der Waals surface area contributed by atoms with Gasteiger partial charge in [0, 0.05) is 33.8 Å². The van der Waals surface area contributed by atoms with Crippen molar-refractivity contribution in [3.05, 3.63) is 35.6 Å². The molecule has 0 heterocycles. The zero-order valence-corrected chi connectivity index (χ0v) is 13.2. The minimum absolute atomic E-state index is 0.215. The SMILES string of the molecule is CCCCOCCNC(=NC)N(C)Cc1ccc(F)cc1. The Balaban J connectivity index is 2.32. The second-order valence-corrected chi connectivity index (χ2v) is 4.92. The van der Waals surface area contributed by atoms with Gasteiger partial charge in [-0.25, -0.2) is 4.39 Å². The van der Waals surface area contributed by atoms with Gasteiger partial charge in [-0.05, 0) is 24.1 Å². The highest BCUT2D eigenvalue weighted by Gasteiger charge is 2.06. The molecule has 1 rings (SSSR count). The summed E-state index contributed by atoms with van der Waals surface area (Å²) in [5.41, 5.74) is 1.04. The molecule has 4 nitrogen and oxygen atoms in total. The van der Waals surface area contributed by atoms with Crippen LogP contribution < -0.4 is 5.32 Å². The molecule has 0 saturated heterocycles. The van der Waals surface area contributed by atoms with Crippen LogP contribution >= 0.6 is 0 Å². The van der Waals surface area contributed by atoms with Gasteiger partial charge in [0.1, 0.15) is 5.82 Å². The fourth-order valence-electron chi connectivity index (χ4n) is 1.91. The van der Waals surface area contributed by atoms with E-state index in [9.17, 15) is 4.39 Å². The zero-order valence-electron chi connectivity index (χ0n) is 13.2. The van der Waals surface area contributed by atoms with Gasteiger partial charge in [0.15, 0.2) is 5.96 Å². The Hall–Kier alpha value is -1.62. The highest BCUT2D eigenvalue weighted by Crippen LogP contribution is 2.05. The summed E-state index contributed by atoms with van der Waals surface area (Å²) in [5.74, 6) is 0.589. The van der Waals surface area contributed by atoms with Crippen LogP contribution in [0.25, 0.3) is 0 Å². The molecule has 0 spiro atoms. The van der Waals surface area contributed by atoms with E-state index < -0.39 is 0 Å². The van der Waals surface area contributed by atoms with Crippen LogP contribution in [0.1, 0.15) is 25.3 Å². The lowest BCUT2D eigenvalue weighted by Gasteiger charge is -2.22. The zero-order chi connectivity index (χ0) is 15.5. The van der Waals surface area contributed by atoms with Gasteiger partial charge >= 0.3 is 0 Å². The summed E-state index contributed by atoms with van der Waals surface area (Å²) in [6.45, 7) is 5.03. The maximum atomic E-state index is 12.9. The summed E-state index contributed by atoms with van der Waals surface area (Å²) in [6, 6.07) is 6.52. The number of halogens is 1. The van der Waals surface area contributed by atoms with E-state index in [0.29, 0.717) is 13.2 Å². The maximum absolute atomic E-state index is 12.9. The largest absolute Gasteiger partial charge is 0.380 e. The van der Waals surface area contributed by atoms with E-state index >= 15 is 0 Å². The van der Waals surface area contributed by atoms with Crippen LogP contribution in [0.2, 0.25) is 0 Å². The highest BCUT2D eigenvalue weighted by atomic mass is 19.1. The number of benzene rings is 1. The first-order valence-electron chi connectivity index (χ1n) is 7.41. The fourth-order valence-corrected chi connectivity index (χ4v) is 1.91. The van der Waals surface area contributed by atoms with Gasteiger partial charge in [-0.1, -0.05) is 25.5 Å². The molecule has 5 heteroatoms. The van der Waals surface area contributed by atoms with E-state index in [2.05, 4.69) is 17.2 Å². The number of aliphatic imine (C=N–C) groups is 1. The van der Waals surface area contributed by atoms with Crippen molar-refractivity contribution in [1.82, 2.24) is 10.2 Å². The number of hydrogen-bond acceptors (Lipinski definition) is 2. The molecular formula is C16H26FN3O. The normalized spacial score (nSPS) is 11.5. The summed E-state index contributed by atoms with van der Waals surface area (Å²) in [4.78, 5) is 6.24. The number of rotatable bonds is 8. The van der Waals surface area contributed by atoms with E-state index in [1.807, 2.05) is 11.9 Å². The first kappa shape index (κ1) is 17.4. The Morgan fingerprint density at radius 3 is 2.62 bits per heavy atom. The van der Waals surface area contributed by atoms with Crippen molar-refractivity contribution in [2.24, 2.45) is 4.99 Å². The average Bonchev–Trinajstić information content (AvgIpc) is 2.49. The van der Waals surface area contributed by atoms with Crippen molar-refractivity contribution < 1.29 is 9.13 Å². The van der Waals surface area contributed by atoms with Crippen molar-refractivity contribution in [1.29, 1.82) is 0 Å². The first-order valence-corrected chi connectivity index (χ1v) is 7.41. The van der Waals surface area contributed by atoms with Crippen molar-refractivity contribution >= 4 is 5.96 Å². The minimum atomic E-state index is -0.215. The lowest BCUT2D eigenvalue weighted by molar-refractivity contribution is 0.135. The van der Waals surface area contributed by atoms with Crippen molar-refractivity contribution in [2.75, 3.05) is 33.9 Å². The number of guanidine groups is 1. The number of ether oxygens (including phenoxy) is 1. The molecular weight excluding hydrogens is 269 g/mol.